The second-order valence-electron chi connectivity index (χ2n) is 3.10. The van der Waals surface area contributed by atoms with Crippen molar-refractivity contribution in [1.82, 2.24) is 0 Å². The van der Waals surface area contributed by atoms with Crippen molar-refractivity contribution < 1.29 is 13.9 Å². The Bertz CT molecular complexity index is 394. The van der Waals surface area contributed by atoms with E-state index in [1.54, 1.807) is 24.7 Å². The normalized spacial score (nSPS) is 15.3. The van der Waals surface area contributed by atoms with Crippen LogP contribution in [0.3, 0.4) is 0 Å². The van der Waals surface area contributed by atoms with Gasteiger partial charge in [0.1, 0.15) is 0 Å². The Labute approximate surface area is 81.7 Å². The summed E-state index contributed by atoms with van der Waals surface area (Å²) in [6.45, 7) is 1.97. The van der Waals surface area contributed by atoms with Crippen LogP contribution >= 0.6 is 0 Å². The molecule has 0 bridgehead atoms. The van der Waals surface area contributed by atoms with Crippen molar-refractivity contribution in [2.45, 2.75) is 13.3 Å². The molecule has 0 aromatic carbocycles. The SMILES string of the molecule is C[C](C1=COC(=C=O)C1)c1ccoc1. The first-order chi connectivity index (χ1) is 6.81. The van der Waals surface area contributed by atoms with Crippen LogP contribution in [0, 0.1) is 5.92 Å². The van der Waals surface area contributed by atoms with Gasteiger partial charge in [0.05, 0.1) is 18.8 Å². The van der Waals surface area contributed by atoms with Crippen molar-refractivity contribution in [3.63, 3.8) is 0 Å². The second kappa shape index (κ2) is 3.56. The average Bonchev–Trinajstić information content (AvgIpc) is 2.88. The summed E-state index contributed by atoms with van der Waals surface area (Å²) in [4.78, 5) is 10.3. The van der Waals surface area contributed by atoms with E-state index in [1.807, 2.05) is 13.0 Å². The quantitative estimate of drug-likeness (QED) is 0.670. The Morgan fingerprint density at radius 1 is 1.57 bits per heavy atom. The first-order valence-corrected chi connectivity index (χ1v) is 4.27. The molecule has 1 aliphatic rings. The zero-order chi connectivity index (χ0) is 9.97. The van der Waals surface area contributed by atoms with E-state index >= 15 is 0 Å². The van der Waals surface area contributed by atoms with Crippen molar-refractivity contribution in [2.24, 2.45) is 0 Å². The van der Waals surface area contributed by atoms with Crippen molar-refractivity contribution in [3.8, 4) is 0 Å². The maximum Gasteiger partial charge on any atom is 0.190 e. The number of hydrogen-bond acceptors (Lipinski definition) is 3. The molecule has 0 saturated carbocycles. The first kappa shape index (κ1) is 8.85. The van der Waals surface area contributed by atoms with E-state index in [2.05, 4.69) is 0 Å². The lowest BCUT2D eigenvalue weighted by atomic mass is 9.94. The zero-order valence-corrected chi connectivity index (χ0v) is 7.74. The van der Waals surface area contributed by atoms with Crippen LogP contribution in [0.1, 0.15) is 18.9 Å². The van der Waals surface area contributed by atoms with E-state index in [0.29, 0.717) is 12.2 Å². The minimum atomic E-state index is 0.336. The highest BCUT2D eigenvalue weighted by atomic mass is 16.5. The lowest BCUT2D eigenvalue weighted by molar-refractivity contribution is 0.369. The van der Waals surface area contributed by atoms with Gasteiger partial charge >= 0.3 is 0 Å². The van der Waals surface area contributed by atoms with Gasteiger partial charge in [0.15, 0.2) is 11.7 Å². The zero-order valence-electron chi connectivity index (χ0n) is 7.74. The molecule has 2 heterocycles. The van der Waals surface area contributed by atoms with E-state index in [-0.39, 0.29) is 0 Å². The summed E-state index contributed by atoms with van der Waals surface area (Å²) in [5, 5.41) is 0. The molecule has 71 valence electrons. The van der Waals surface area contributed by atoms with E-state index in [9.17, 15) is 4.79 Å². The van der Waals surface area contributed by atoms with Crippen LogP contribution < -0.4 is 0 Å². The molecular formula is C11H9O3. The lowest BCUT2D eigenvalue weighted by Crippen LogP contribution is -1.95. The number of allylic oxidation sites excluding steroid dienone is 1. The molecule has 0 fully saturated rings. The summed E-state index contributed by atoms with van der Waals surface area (Å²) >= 11 is 0. The van der Waals surface area contributed by atoms with Gasteiger partial charge in [-0.3, -0.25) is 0 Å². The summed E-state index contributed by atoms with van der Waals surface area (Å²) < 4.78 is 9.99. The predicted octanol–water partition coefficient (Wildman–Crippen LogP) is 2.24. The minimum Gasteiger partial charge on any atom is -0.472 e. The van der Waals surface area contributed by atoms with E-state index in [0.717, 1.165) is 17.1 Å². The number of rotatable bonds is 2. The fourth-order valence-electron chi connectivity index (χ4n) is 1.34. The molecule has 2 rings (SSSR count). The summed E-state index contributed by atoms with van der Waals surface area (Å²) in [5.41, 5.74) is 2.00. The molecule has 3 heteroatoms. The molecule has 1 aliphatic heterocycles. The van der Waals surface area contributed by atoms with Gasteiger partial charge in [0, 0.05) is 17.9 Å². The molecule has 0 amide bonds. The van der Waals surface area contributed by atoms with Crippen LogP contribution in [0.25, 0.3) is 0 Å². The van der Waals surface area contributed by atoms with Crippen LogP contribution in [0.4, 0.5) is 0 Å². The lowest BCUT2D eigenvalue weighted by Gasteiger charge is -2.06. The first-order valence-electron chi connectivity index (χ1n) is 4.27. The van der Waals surface area contributed by atoms with Crippen molar-refractivity contribution >= 4 is 5.94 Å². The number of hydrogen-bond donors (Lipinski definition) is 0. The highest BCUT2D eigenvalue weighted by Gasteiger charge is 2.20. The number of furan rings is 1. The fourth-order valence-corrected chi connectivity index (χ4v) is 1.34. The van der Waals surface area contributed by atoms with Crippen LogP contribution in [-0.4, -0.2) is 5.94 Å². The molecule has 1 radical (unpaired) electrons. The van der Waals surface area contributed by atoms with Crippen molar-refractivity contribution in [1.29, 1.82) is 0 Å². The molecule has 0 spiro atoms. The van der Waals surface area contributed by atoms with Gasteiger partial charge < -0.3 is 9.15 Å². The number of ether oxygens (including phenoxy) is 1. The molecule has 0 aliphatic carbocycles. The average molecular weight is 189 g/mol. The van der Waals surface area contributed by atoms with Gasteiger partial charge in [-0.15, -0.1) is 0 Å². The van der Waals surface area contributed by atoms with E-state index < -0.39 is 0 Å². The van der Waals surface area contributed by atoms with Crippen LogP contribution in [0.2, 0.25) is 0 Å². The molecular weight excluding hydrogens is 180 g/mol. The fraction of sp³-hybridized carbons (Fsp3) is 0.182. The predicted molar refractivity (Wildman–Crippen MR) is 49.7 cm³/mol. The van der Waals surface area contributed by atoms with Crippen LogP contribution in [-0.2, 0) is 9.53 Å². The van der Waals surface area contributed by atoms with Gasteiger partial charge in [0.25, 0.3) is 0 Å². The molecule has 0 saturated heterocycles. The Morgan fingerprint density at radius 2 is 2.43 bits per heavy atom. The van der Waals surface area contributed by atoms with Crippen LogP contribution in [0.15, 0.2) is 40.6 Å². The standard InChI is InChI=1S/C11H9O3/c1-8(9-2-3-13-6-9)10-4-11(5-12)14-7-10/h2-3,6-7H,4H2,1H3. The van der Waals surface area contributed by atoms with E-state index in [4.69, 9.17) is 9.15 Å². The van der Waals surface area contributed by atoms with Gasteiger partial charge in [-0.05, 0) is 11.6 Å². The van der Waals surface area contributed by atoms with Gasteiger partial charge in [-0.2, -0.15) is 0 Å². The number of carbonyl (C=O) groups excluding carboxylic acids is 1. The van der Waals surface area contributed by atoms with Crippen molar-refractivity contribution in [3.05, 3.63) is 47.7 Å². The maximum atomic E-state index is 10.3. The van der Waals surface area contributed by atoms with Crippen molar-refractivity contribution in [2.75, 3.05) is 0 Å². The monoisotopic (exact) mass is 189 g/mol. The molecule has 14 heavy (non-hydrogen) atoms. The van der Waals surface area contributed by atoms with Gasteiger partial charge in [-0.25, -0.2) is 4.79 Å². The third-order valence-electron chi connectivity index (χ3n) is 2.24. The Morgan fingerprint density at radius 3 is 3.00 bits per heavy atom. The van der Waals surface area contributed by atoms with Crippen LogP contribution in [0.5, 0.6) is 0 Å². The Balaban J connectivity index is 2.15. The molecule has 0 unspecified atom stereocenters. The van der Waals surface area contributed by atoms with E-state index in [1.165, 1.54) is 0 Å². The Kier molecular flexibility index (Phi) is 2.25. The highest BCUT2D eigenvalue weighted by Crippen LogP contribution is 2.31. The third-order valence-corrected chi connectivity index (χ3v) is 2.24. The third kappa shape index (κ3) is 1.50. The summed E-state index contributed by atoms with van der Waals surface area (Å²) in [5.74, 6) is 3.14. The highest BCUT2D eigenvalue weighted by molar-refractivity contribution is 5.55. The molecule has 0 atom stereocenters. The summed E-state index contributed by atoms with van der Waals surface area (Å²) in [6, 6.07) is 1.87. The molecule has 1 aromatic heterocycles. The molecule has 0 N–H and O–H groups in total. The minimum absolute atomic E-state index is 0.336. The Hall–Kier alpha value is -1.73. The largest absolute Gasteiger partial charge is 0.472 e. The molecule has 3 nitrogen and oxygen atoms in total. The van der Waals surface area contributed by atoms with Gasteiger partial charge in [-0.1, -0.05) is 6.92 Å². The summed E-state index contributed by atoms with van der Waals surface area (Å²) in [7, 11) is 0. The van der Waals surface area contributed by atoms with Gasteiger partial charge in [0.2, 0.25) is 0 Å². The topological polar surface area (TPSA) is 39.4 Å². The maximum absolute atomic E-state index is 10.3. The molecule has 1 aromatic rings. The summed E-state index contributed by atoms with van der Waals surface area (Å²) in [6.07, 6.45) is 5.38. The second-order valence-corrected chi connectivity index (χ2v) is 3.10. The smallest absolute Gasteiger partial charge is 0.190 e.